The Balaban J connectivity index is 2.10. The van der Waals surface area contributed by atoms with Crippen LogP contribution in [0.2, 0.25) is 0 Å². The molecule has 1 saturated carbocycles. The van der Waals surface area contributed by atoms with Crippen molar-refractivity contribution in [3.8, 4) is 0 Å². The molecule has 0 amide bonds. The number of aryl methyl sites for hydroxylation is 1. The molecule has 1 heterocycles. The Labute approximate surface area is 98.5 Å². The minimum absolute atomic E-state index is 0.669. The van der Waals surface area contributed by atoms with Crippen LogP contribution in [0.5, 0.6) is 0 Å². The number of hydrogen-bond donors (Lipinski definition) is 1. The van der Waals surface area contributed by atoms with Gasteiger partial charge in [0, 0.05) is 24.4 Å². The smallest absolute Gasteiger partial charge is 0.0305 e. The molecule has 2 rings (SSSR count). The summed E-state index contributed by atoms with van der Waals surface area (Å²) in [6.45, 7) is 5.57. The molecule has 2 unspecified atom stereocenters. The maximum absolute atomic E-state index is 4.28. The number of pyridine rings is 1. The second-order valence-corrected chi connectivity index (χ2v) is 4.83. The lowest BCUT2D eigenvalue weighted by atomic mass is 9.92. The van der Waals surface area contributed by atoms with Gasteiger partial charge in [-0.3, -0.25) is 4.98 Å². The van der Waals surface area contributed by atoms with Crippen molar-refractivity contribution in [1.29, 1.82) is 0 Å². The third-order valence-electron chi connectivity index (χ3n) is 3.65. The van der Waals surface area contributed by atoms with Gasteiger partial charge in [0.25, 0.3) is 0 Å². The van der Waals surface area contributed by atoms with Crippen molar-refractivity contribution in [3.63, 3.8) is 0 Å². The highest BCUT2D eigenvalue weighted by atomic mass is 14.9. The van der Waals surface area contributed by atoms with Crippen molar-refractivity contribution in [3.05, 3.63) is 29.6 Å². The van der Waals surface area contributed by atoms with Crippen LogP contribution in [-0.4, -0.2) is 17.6 Å². The van der Waals surface area contributed by atoms with E-state index in [1.807, 2.05) is 6.20 Å². The van der Waals surface area contributed by atoms with Gasteiger partial charge in [-0.15, -0.1) is 0 Å². The summed E-state index contributed by atoms with van der Waals surface area (Å²) in [5, 5.41) is 3.68. The van der Waals surface area contributed by atoms with E-state index in [-0.39, 0.29) is 0 Å². The molecule has 16 heavy (non-hydrogen) atoms. The number of hydrogen-bond acceptors (Lipinski definition) is 2. The van der Waals surface area contributed by atoms with Gasteiger partial charge in [0.2, 0.25) is 0 Å². The van der Waals surface area contributed by atoms with Crippen LogP contribution < -0.4 is 5.32 Å². The number of aromatic nitrogens is 1. The van der Waals surface area contributed by atoms with E-state index in [1.54, 1.807) is 0 Å². The summed E-state index contributed by atoms with van der Waals surface area (Å²) in [7, 11) is 0. The minimum atomic E-state index is 0.669. The number of rotatable bonds is 4. The van der Waals surface area contributed by atoms with Crippen LogP contribution in [0, 0.1) is 6.92 Å². The molecule has 0 bridgehead atoms. The van der Waals surface area contributed by atoms with Crippen molar-refractivity contribution in [2.45, 2.75) is 51.5 Å². The Morgan fingerprint density at radius 2 is 2.31 bits per heavy atom. The fourth-order valence-corrected chi connectivity index (χ4v) is 2.77. The molecule has 2 atom stereocenters. The van der Waals surface area contributed by atoms with Crippen LogP contribution in [-0.2, 0) is 0 Å². The van der Waals surface area contributed by atoms with Gasteiger partial charge in [-0.05, 0) is 49.9 Å². The molecule has 1 aliphatic rings. The van der Waals surface area contributed by atoms with Crippen LogP contribution in [0.4, 0.5) is 0 Å². The Morgan fingerprint density at radius 1 is 1.44 bits per heavy atom. The zero-order valence-corrected chi connectivity index (χ0v) is 10.4. The van der Waals surface area contributed by atoms with Gasteiger partial charge in [0.05, 0.1) is 0 Å². The highest BCUT2D eigenvalue weighted by Crippen LogP contribution is 2.35. The van der Waals surface area contributed by atoms with Crippen molar-refractivity contribution in [2.24, 2.45) is 0 Å². The normalized spacial score (nSPS) is 24.9. The van der Waals surface area contributed by atoms with Crippen molar-refractivity contribution < 1.29 is 0 Å². The van der Waals surface area contributed by atoms with Gasteiger partial charge >= 0.3 is 0 Å². The van der Waals surface area contributed by atoms with E-state index < -0.39 is 0 Å². The molecule has 1 aromatic rings. The molecule has 2 heteroatoms. The quantitative estimate of drug-likeness (QED) is 0.840. The highest BCUT2D eigenvalue weighted by Gasteiger charge is 2.28. The summed E-state index contributed by atoms with van der Waals surface area (Å²) in [6, 6.07) is 2.80. The number of nitrogens with one attached hydrogen (secondary N) is 1. The maximum atomic E-state index is 4.28. The third kappa shape index (κ3) is 2.43. The molecule has 88 valence electrons. The van der Waals surface area contributed by atoms with E-state index in [1.165, 1.54) is 36.8 Å². The fourth-order valence-electron chi connectivity index (χ4n) is 2.77. The number of nitrogens with zero attached hydrogens (tertiary/aromatic N) is 1. The topological polar surface area (TPSA) is 24.9 Å². The van der Waals surface area contributed by atoms with Crippen molar-refractivity contribution in [1.82, 2.24) is 10.3 Å². The van der Waals surface area contributed by atoms with Gasteiger partial charge < -0.3 is 5.32 Å². The molecule has 1 N–H and O–H groups in total. The maximum Gasteiger partial charge on any atom is 0.0305 e. The van der Waals surface area contributed by atoms with E-state index in [4.69, 9.17) is 0 Å². The van der Waals surface area contributed by atoms with E-state index in [0.29, 0.717) is 12.0 Å². The molecule has 0 radical (unpaired) electrons. The summed E-state index contributed by atoms with van der Waals surface area (Å²) in [4.78, 5) is 4.28. The molecule has 0 aliphatic heterocycles. The first-order chi connectivity index (χ1) is 7.83. The Bertz CT molecular complexity index is 335. The molecular weight excluding hydrogens is 196 g/mol. The average molecular weight is 218 g/mol. The molecule has 1 aromatic heterocycles. The van der Waals surface area contributed by atoms with E-state index in [2.05, 4.69) is 36.4 Å². The zero-order chi connectivity index (χ0) is 11.4. The van der Waals surface area contributed by atoms with Crippen LogP contribution in [0.1, 0.15) is 49.7 Å². The lowest BCUT2D eigenvalue weighted by Gasteiger charge is -2.22. The van der Waals surface area contributed by atoms with Gasteiger partial charge in [-0.1, -0.05) is 13.3 Å². The van der Waals surface area contributed by atoms with Gasteiger partial charge in [-0.25, -0.2) is 0 Å². The monoisotopic (exact) mass is 218 g/mol. The Morgan fingerprint density at radius 3 is 3.06 bits per heavy atom. The summed E-state index contributed by atoms with van der Waals surface area (Å²) >= 11 is 0. The van der Waals surface area contributed by atoms with Crippen molar-refractivity contribution >= 4 is 0 Å². The first-order valence-corrected chi connectivity index (χ1v) is 6.46. The van der Waals surface area contributed by atoms with Gasteiger partial charge in [0.15, 0.2) is 0 Å². The van der Waals surface area contributed by atoms with Crippen LogP contribution >= 0.6 is 0 Å². The fraction of sp³-hybridized carbons (Fsp3) is 0.643. The molecule has 1 aliphatic carbocycles. The lowest BCUT2D eigenvalue weighted by molar-refractivity contribution is 0.477. The summed E-state index contributed by atoms with van der Waals surface area (Å²) in [6.07, 6.45) is 9.15. The second kappa shape index (κ2) is 5.44. The van der Waals surface area contributed by atoms with Crippen LogP contribution in [0.25, 0.3) is 0 Å². The van der Waals surface area contributed by atoms with Crippen LogP contribution in [0.3, 0.4) is 0 Å². The molecule has 0 saturated heterocycles. The SMILES string of the molecule is CCCNC1CCCC1c1cnccc1C. The van der Waals surface area contributed by atoms with Gasteiger partial charge in [-0.2, -0.15) is 0 Å². The lowest BCUT2D eigenvalue weighted by Crippen LogP contribution is -2.32. The minimum Gasteiger partial charge on any atom is -0.313 e. The predicted octanol–water partition coefficient (Wildman–Crippen LogP) is 3.03. The second-order valence-electron chi connectivity index (χ2n) is 4.83. The molecule has 0 spiro atoms. The van der Waals surface area contributed by atoms with E-state index in [9.17, 15) is 0 Å². The zero-order valence-electron chi connectivity index (χ0n) is 10.4. The largest absolute Gasteiger partial charge is 0.313 e. The highest BCUT2D eigenvalue weighted by molar-refractivity contribution is 5.28. The average Bonchev–Trinajstić information content (AvgIpc) is 2.75. The third-order valence-corrected chi connectivity index (χ3v) is 3.65. The summed E-state index contributed by atoms with van der Waals surface area (Å²) < 4.78 is 0. The predicted molar refractivity (Wildman–Crippen MR) is 67.6 cm³/mol. The standard InChI is InChI=1S/C14H22N2/c1-3-8-16-14-6-4-5-12(14)13-10-15-9-7-11(13)2/h7,9-10,12,14,16H,3-6,8H2,1-2H3. The summed E-state index contributed by atoms with van der Waals surface area (Å²) in [5.74, 6) is 0.681. The first kappa shape index (κ1) is 11.6. The molecule has 1 fully saturated rings. The Kier molecular flexibility index (Phi) is 3.94. The van der Waals surface area contributed by atoms with Crippen LogP contribution in [0.15, 0.2) is 18.5 Å². The molecule has 0 aromatic carbocycles. The first-order valence-electron chi connectivity index (χ1n) is 6.46. The van der Waals surface area contributed by atoms with E-state index in [0.717, 1.165) is 6.54 Å². The summed E-state index contributed by atoms with van der Waals surface area (Å²) in [5.41, 5.74) is 2.85. The molecular formula is C14H22N2. The molecule has 2 nitrogen and oxygen atoms in total. The Hall–Kier alpha value is -0.890. The van der Waals surface area contributed by atoms with Gasteiger partial charge in [0.1, 0.15) is 0 Å². The van der Waals surface area contributed by atoms with E-state index >= 15 is 0 Å². The van der Waals surface area contributed by atoms with Crippen molar-refractivity contribution in [2.75, 3.05) is 6.54 Å².